The molecule has 1 unspecified atom stereocenters. The zero-order chi connectivity index (χ0) is 17.8. The Hall–Kier alpha value is -0.650. The third-order valence-corrected chi connectivity index (χ3v) is 3.10. The molecule has 1 aliphatic rings. The molecule has 1 saturated heterocycles. The molecule has 5 heteroatoms. The summed E-state index contributed by atoms with van der Waals surface area (Å²) in [5, 5.41) is 2.67. The van der Waals surface area contributed by atoms with E-state index >= 15 is 0 Å². The summed E-state index contributed by atoms with van der Waals surface area (Å²) in [6.45, 7) is 16.2. The van der Waals surface area contributed by atoms with E-state index in [1.165, 1.54) is 19.3 Å². The largest absolute Gasteiger partial charge is 0.380 e. The van der Waals surface area contributed by atoms with Crippen LogP contribution < -0.4 is 5.32 Å². The lowest BCUT2D eigenvalue weighted by atomic mass is 10.2. The first-order chi connectivity index (χ1) is 11.3. The molecule has 1 amide bonds. The predicted molar refractivity (Wildman–Crippen MR) is 97.9 cm³/mol. The second-order valence-electron chi connectivity index (χ2n) is 5.35. The molecule has 0 spiro atoms. The Bertz CT molecular complexity index is 228. The quantitative estimate of drug-likeness (QED) is 0.493. The predicted octanol–water partition coefficient (Wildman–Crippen LogP) is 3.08. The highest BCUT2D eigenvalue weighted by Gasteiger charge is 2.19. The average molecular weight is 333 g/mol. The third-order valence-electron chi connectivity index (χ3n) is 3.10. The molecule has 0 radical (unpaired) electrons. The van der Waals surface area contributed by atoms with Gasteiger partial charge in [-0.1, -0.05) is 53.9 Å². The molecular weight excluding hydrogens is 292 g/mol. The number of nitrogens with one attached hydrogen (secondary N) is 1. The van der Waals surface area contributed by atoms with Crippen LogP contribution in [0.2, 0.25) is 0 Å². The van der Waals surface area contributed by atoms with Crippen molar-refractivity contribution in [3.63, 3.8) is 0 Å². The average Bonchev–Trinajstić information content (AvgIpc) is 2.59. The molecule has 1 rings (SSSR count). The molecule has 0 aliphatic carbocycles. The minimum Gasteiger partial charge on any atom is -0.380 e. The van der Waals surface area contributed by atoms with Gasteiger partial charge in [0.25, 0.3) is 0 Å². The van der Waals surface area contributed by atoms with Gasteiger partial charge in [-0.25, -0.2) is 0 Å². The molecule has 0 aromatic carbocycles. The van der Waals surface area contributed by atoms with Crippen molar-refractivity contribution in [1.29, 1.82) is 0 Å². The molecule has 23 heavy (non-hydrogen) atoms. The lowest BCUT2D eigenvalue weighted by Crippen LogP contribution is -2.47. The van der Waals surface area contributed by atoms with E-state index in [2.05, 4.69) is 31.0 Å². The monoisotopic (exact) mass is 332 g/mol. The van der Waals surface area contributed by atoms with Gasteiger partial charge >= 0.3 is 0 Å². The van der Waals surface area contributed by atoms with Crippen LogP contribution in [0.1, 0.15) is 60.3 Å². The van der Waals surface area contributed by atoms with Gasteiger partial charge < -0.3 is 14.8 Å². The van der Waals surface area contributed by atoms with Crippen molar-refractivity contribution in [2.45, 2.75) is 66.4 Å². The molecule has 0 aromatic rings. The third kappa shape index (κ3) is 17.5. The Morgan fingerprint density at radius 2 is 1.91 bits per heavy atom. The van der Waals surface area contributed by atoms with Gasteiger partial charge in [-0.15, -0.1) is 0 Å². The van der Waals surface area contributed by atoms with Crippen LogP contribution in [0.25, 0.3) is 0 Å². The molecule has 5 nitrogen and oxygen atoms in total. The Kier molecular flexibility index (Phi) is 22.8. The standard InChI is InChI=1S/C13H26N2O3.C3H8.C2H6/c1-2-3-4-7-17-8-5-15-6-9-18-13(11-15)10-14-12-16;1-3-2;1-2/h12-13H,2-11H2,1H3,(H,14,16);3H2,1-2H3;1-2H3. The summed E-state index contributed by atoms with van der Waals surface area (Å²) in [4.78, 5) is 12.6. The lowest BCUT2D eigenvalue weighted by Gasteiger charge is -2.32. The fraction of sp³-hybridized carbons (Fsp3) is 0.944. The number of carbonyl (C=O) groups excluding carboxylic acids is 1. The van der Waals surface area contributed by atoms with E-state index in [0.29, 0.717) is 6.54 Å². The highest BCUT2D eigenvalue weighted by Crippen LogP contribution is 2.04. The maximum atomic E-state index is 10.2. The number of ether oxygens (including phenoxy) is 2. The minimum atomic E-state index is 0.115. The fourth-order valence-electron chi connectivity index (χ4n) is 2.04. The van der Waals surface area contributed by atoms with Crippen molar-refractivity contribution in [2.24, 2.45) is 0 Å². The van der Waals surface area contributed by atoms with Gasteiger partial charge in [-0.3, -0.25) is 9.69 Å². The van der Waals surface area contributed by atoms with Crippen LogP contribution >= 0.6 is 0 Å². The smallest absolute Gasteiger partial charge is 0.207 e. The van der Waals surface area contributed by atoms with Crippen molar-refractivity contribution in [2.75, 3.05) is 46.0 Å². The van der Waals surface area contributed by atoms with Crippen LogP contribution in [0.4, 0.5) is 0 Å². The van der Waals surface area contributed by atoms with Crippen molar-refractivity contribution >= 4 is 6.41 Å². The number of amides is 1. The minimum absolute atomic E-state index is 0.115. The molecule has 1 heterocycles. The van der Waals surface area contributed by atoms with Crippen LogP contribution in [0, 0.1) is 0 Å². The van der Waals surface area contributed by atoms with E-state index in [1.807, 2.05) is 13.8 Å². The van der Waals surface area contributed by atoms with E-state index < -0.39 is 0 Å². The van der Waals surface area contributed by atoms with Crippen LogP contribution in [0.5, 0.6) is 0 Å². The Morgan fingerprint density at radius 1 is 1.22 bits per heavy atom. The van der Waals surface area contributed by atoms with Gasteiger partial charge in [0.1, 0.15) is 0 Å². The number of hydrogen-bond donors (Lipinski definition) is 1. The number of rotatable bonds is 10. The molecule has 1 fully saturated rings. The Labute approximate surface area is 144 Å². The highest BCUT2D eigenvalue weighted by molar-refractivity contribution is 5.45. The van der Waals surface area contributed by atoms with Crippen LogP contribution in [0.3, 0.4) is 0 Å². The van der Waals surface area contributed by atoms with Crippen LogP contribution in [-0.4, -0.2) is 63.4 Å². The first kappa shape index (κ1) is 24.6. The van der Waals surface area contributed by atoms with E-state index in [9.17, 15) is 4.79 Å². The number of carbonyl (C=O) groups is 1. The molecular formula is C18H40N2O3. The summed E-state index contributed by atoms with van der Waals surface area (Å²) in [6, 6.07) is 0. The molecule has 1 aliphatic heterocycles. The van der Waals surface area contributed by atoms with E-state index in [1.54, 1.807) is 0 Å². The zero-order valence-corrected chi connectivity index (χ0v) is 16.1. The summed E-state index contributed by atoms with van der Waals surface area (Å²) in [5.74, 6) is 0. The molecule has 1 N–H and O–H groups in total. The second kappa shape index (κ2) is 21.4. The number of morpholine rings is 1. The van der Waals surface area contributed by atoms with E-state index in [0.717, 1.165) is 52.3 Å². The number of nitrogens with zero attached hydrogens (tertiary/aromatic N) is 1. The first-order valence-corrected chi connectivity index (χ1v) is 9.37. The van der Waals surface area contributed by atoms with Gasteiger partial charge in [0.15, 0.2) is 0 Å². The second-order valence-corrected chi connectivity index (χ2v) is 5.35. The maximum absolute atomic E-state index is 10.2. The molecule has 0 saturated carbocycles. The number of unbranched alkanes of at least 4 members (excludes halogenated alkanes) is 2. The number of hydrogen-bond acceptors (Lipinski definition) is 4. The van der Waals surface area contributed by atoms with Crippen LogP contribution in [0.15, 0.2) is 0 Å². The van der Waals surface area contributed by atoms with Gasteiger partial charge in [0.2, 0.25) is 6.41 Å². The summed E-state index contributed by atoms with van der Waals surface area (Å²) >= 11 is 0. The summed E-state index contributed by atoms with van der Waals surface area (Å²) in [6.07, 6.45) is 5.73. The summed E-state index contributed by atoms with van der Waals surface area (Å²) < 4.78 is 11.2. The van der Waals surface area contributed by atoms with E-state index in [-0.39, 0.29) is 6.10 Å². The van der Waals surface area contributed by atoms with Gasteiger partial charge in [0.05, 0.1) is 19.3 Å². The van der Waals surface area contributed by atoms with Gasteiger partial charge in [0, 0.05) is 32.8 Å². The highest BCUT2D eigenvalue weighted by atomic mass is 16.5. The van der Waals surface area contributed by atoms with Crippen molar-refractivity contribution < 1.29 is 14.3 Å². The van der Waals surface area contributed by atoms with Gasteiger partial charge in [-0.2, -0.15) is 0 Å². The Balaban J connectivity index is 0. The van der Waals surface area contributed by atoms with Crippen molar-refractivity contribution in [3.05, 3.63) is 0 Å². The zero-order valence-electron chi connectivity index (χ0n) is 16.1. The molecule has 140 valence electrons. The van der Waals surface area contributed by atoms with Crippen molar-refractivity contribution in [1.82, 2.24) is 10.2 Å². The molecule has 1 atom stereocenters. The molecule has 0 bridgehead atoms. The summed E-state index contributed by atoms with van der Waals surface area (Å²) in [5.41, 5.74) is 0. The van der Waals surface area contributed by atoms with E-state index in [4.69, 9.17) is 9.47 Å². The lowest BCUT2D eigenvalue weighted by molar-refractivity contribution is -0.110. The fourth-order valence-corrected chi connectivity index (χ4v) is 2.04. The topological polar surface area (TPSA) is 50.8 Å². The normalized spacial score (nSPS) is 17.3. The Morgan fingerprint density at radius 3 is 2.52 bits per heavy atom. The van der Waals surface area contributed by atoms with Crippen LogP contribution in [-0.2, 0) is 14.3 Å². The SMILES string of the molecule is CC.CCC.CCCCCOCCN1CCOC(CNC=O)C1. The van der Waals surface area contributed by atoms with Gasteiger partial charge in [-0.05, 0) is 6.42 Å². The molecule has 0 aromatic heterocycles. The maximum Gasteiger partial charge on any atom is 0.207 e. The van der Waals surface area contributed by atoms with Crippen molar-refractivity contribution in [3.8, 4) is 0 Å². The first-order valence-electron chi connectivity index (χ1n) is 9.37. The summed E-state index contributed by atoms with van der Waals surface area (Å²) in [7, 11) is 0.